The molecule has 1 amide bonds. The summed E-state index contributed by atoms with van der Waals surface area (Å²) in [5, 5.41) is 9.08. The van der Waals surface area contributed by atoms with Gasteiger partial charge in [-0.15, -0.1) is 0 Å². The van der Waals surface area contributed by atoms with Crippen molar-refractivity contribution in [1.29, 1.82) is 0 Å². The minimum atomic E-state index is -1.01. The lowest BCUT2D eigenvalue weighted by atomic mass is 10.2. The van der Waals surface area contributed by atoms with Gasteiger partial charge in [0.15, 0.2) is 0 Å². The van der Waals surface area contributed by atoms with E-state index in [1.807, 2.05) is 20.8 Å². The number of hydrogen-bond acceptors (Lipinski definition) is 4. The molecule has 1 aliphatic heterocycles. The number of hydrogen-bond donors (Lipinski definition) is 1. The number of ether oxygens (including phenoxy) is 1. The molecule has 0 unspecified atom stereocenters. The molecule has 2 heterocycles. The van der Waals surface area contributed by atoms with Crippen LogP contribution >= 0.6 is 0 Å². The van der Waals surface area contributed by atoms with Crippen molar-refractivity contribution in [3.8, 4) is 0 Å². The number of aromatic nitrogens is 2. The number of carbonyl (C=O) groups excluding carboxylic acids is 1. The maximum absolute atomic E-state index is 12.0. The fourth-order valence-electron chi connectivity index (χ4n) is 2.11. The van der Waals surface area contributed by atoms with Crippen LogP contribution in [0.2, 0.25) is 0 Å². The zero-order chi connectivity index (χ0) is 14.9. The van der Waals surface area contributed by atoms with E-state index in [-0.39, 0.29) is 11.8 Å². The van der Waals surface area contributed by atoms with Gasteiger partial charge in [0.05, 0.1) is 6.20 Å². The van der Waals surface area contributed by atoms with E-state index >= 15 is 0 Å². The van der Waals surface area contributed by atoms with Crippen LogP contribution in [0, 0.1) is 0 Å². The third kappa shape index (κ3) is 3.09. The van der Waals surface area contributed by atoms with Crippen LogP contribution in [0.3, 0.4) is 0 Å². The first kappa shape index (κ1) is 14.4. The van der Waals surface area contributed by atoms with Crippen molar-refractivity contribution >= 4 is 12.1 Å². The summed E-state index contributed by atoms with van der Waals surface area (Å²) in [6.45, 7) is 6.75. The second kappa shape index (κ2) is 5.15. The predicted molar refractivity (Wildman–Crippen MR) is 70.7 cm³/mol. The van der Waals surface area contributed by atoms with E-state index in [0.717, 1.165) is 0 Å². The zero-order valence-electron chi connectivity index (χ0n) is 11.9. The lowest BCUT2D eigenvalue weighted by Gasteiger charge is -2.26. The van der Waals surface area contributed by atoms with Gasteiger partial charge in [0.25, 0.3) is 0 Å². The van der Waals surface area contributed by atoms with Crippen molar-refractivity contribution in [2.75, 3.05) is 13.1 Å². The first-order valence-electron chi connectivity index (χ1n) is 6.53. The van der Waals surface area contributed by atoms with Gasteiger partial charge < -0.3 is 19.3 Å². The van der Waals surface area contributed by atoms with Gasteiger partial charge in [0, 0.05) is 26.1 Å². The Morgan fingerprint density at radius 2 is 2.00 bits per heavy atom. The highest BCUT2D eigenvalue weighted by Crippen LogP contribution is 2.15. The van der Waals surface area contributed by atoms with E-state index in [1.54, 1.807) is 9.47 Å². The van der Waals surface area contributed by atoms with Crippen molar-refractivity contribution in [2.45, 2.75) is 39.3 Å². The highest BCUT2D eigenvalue weighted by molar-refractivity contribution is 5.85. The number of rotatable bonds is 1. The Labute approximate surface area is 117 Å². The van der Waals surface area contributed by atoms with Gasteiger partial charge >= 0.3 is 12.1 Å². The van der Waals surface area contributed by atoms with Gasteiger partial charge in [-0.05, 0) is 20.8 Å². The van der Waals surface area contributed by atoms with Crippen LogP contribution in [0.1, 0.15) is 37.1 Å². The van der Waals surface area contributed by atoms with E-state index in [0.29, 0.717) is 31.9 Å². The van der Waals surface area contributed by atoms with E-state index in [1.165, 1.54) is 6.20 Å². The molecule has 1 N–H and O–H groups in total. The molecule has 0 atom stereocenters. The van der Waals surface area contributed by atoms with Gasteiger partial charge in [-0.1, -0.05) is 0 Å². The lowest BCUT2D eigenvalue weighted by Crippen LogP contribution is -2.38. The normalized spacial score (nSPS) is 15.4. The summed E-state index contributed by atoms with van der Waals surface area (Å²) in [4.78, 5) is 28.8. The standard InChI is InChI=1S/C13H19N3O4/c1-13(2,3)20-12(19)15-5-4-10-14-8-9(11(17)18)16(10)7-6-15/h8H,4-7H2,1-3H3,(H,17,18). The SMILES string of the molecule is CC(C)(C)OC(=O)N1CCc2ncc(C(=O)O)n2CC1. The Hall–Kier alpha value is -2.05. The predicted octanol–water partition coefficient (Wildman–Crippen LogP) is 1.37. The molecule has 1 aromatic heterocycles. The molecule has 7 heteroatoms. The smallest absolute Gasteiger partial charge is 0.410 e. The van der Waals surface area contributed by atoms with Crippen LogP contribution in [0.5, 0.6) is 0 Å². The molecule has 1 aromatic rings. The van der Waals surface area contributed by atoms with E-state index < -0.39 is 11.6 Å². The highest BCUT2D eigenvalue weighted by Gasteiger charge is 2.26. The van der Waals surface area contributed by atoms with Crippen LogP contribution in [0.4, 0.5) is 4.79 Å². The maximum Gasteiger partial charge on any atom is 0.410 e. The molecule has 0 bridgehead atoms. The number of amides is 1. The van der Waals surface area contributed by atoms with Crippen molar-refractivity contribution in [1.82, 2.24) is 14.5 Å². The van der Waals surface area contributed by atoms with Crippen molar-refractivity contribution < 1.29 is 19.4 Å². The number of carboxylic acid groups (broad SMARTS) is 1. The Kier molecular flexibility index (Phi) is 3.69. The number of nitrogens with zero attached hydrogens (tertiary/aromatic N) is 3. The van der Waals surface area contributed by atoms with Crippen molar-refractivity contribution in [3.05, 3.63) is 17.7 Å². The second-order valence-corrected chi connectivity index (χ2v) is 5.73. The quantitative estimate of drug-likeness (QED) is 0.840. The highest BCUT2D eigenvalue weighted by atomic mass is 16.6. The van der Waals surface area contributed by atoms with Gasteiger partial charge in [0.1, 0.15) is 17.1 Å². The average Bonchev–Trinajstić information content (AvgIpc) is 2.59. The molecule has 0 saturated heterocycles. The Bertz CT molecular complexity index is 530. The number of carboxylic acids is 1. The zero-order valence-corrected chi connectivity index (χ0v) is 11.9. The molecular weight excluding hydrogens is 262 g/mol. The molecule has 7 nitrogen and oxygen atoms in total. The van der Waals surface area contributed by atoms with Crippen LogP contribution in [-0.2, 0) is 17.7 Å². The Balaban J connectivity index is 2.08. The summed E-state index contributed by atoms with van der Waals surface area (Å²) in [5.41, 5.74) is -0.380. The van der Waals surface area contributed by atoms with Gasteiger partial charge in [-0.3, -0.25) is 0 Å². The monoisotopic (exact) mass is 281 g/mol. The summed E-state index contributed by atoms with van der Waals surface area (Å²) in [6.07, 6.45) is 1.51. The number of aromatic carboxylic acids is 1. The first-order chi connectivity index (χ1) is 9.28. The Morgan fingerprint density at radius 3 is 2.60 bits per heavy atom. The van der Waals surface area contributed by atoms with E-state index in [4.69, 9.17) is 9.84 Å². The molecule has 0 aliphatic carbocycles. The third-order valence-corrected chi connectivity index (χ3v) is 3.01. The summed E-state index contributed by atoms with van der Waals surface area (Å²) < 4.78 is 6.97. The van der Waals surface area contributed by atoms with Crippen molar-refractivity contribution in [2.24, 2.45) is 0 Å². The minimum Gasteiger partial charge on any atom is -0.477 e. The number of carbonyl (C=O) groups is 2. The molecule has 0 fully saturated rings. The van der Waals surface area contributed by atoms with Gasteiger partial charge in [-0.25, -0.2) is 14.6 Å². The molecule has 0 radical (unpaired) electrons. The molecular formula is C13H19N3O4. The molecule has 0 spiro atoms. The molecule has 1 aliphatic rings. The summed E-state index contributed by atoms with van der Waals surface area (Å²) >= 11 is 0. The molecule has 0 saturated carbocycles. The maximum atomic E-state index is 12.0. The number of imidazole rings is 1. The van der Waals surface area contributed by atoms with Crippen LogP contribution < -0.4 is 0 Å². The topological polar surface area (TPSA) is 84.7 Å². The molecule has 20 heavy (non-hydrogen) atoms. The van der Waals surface area contributed by atoms with Gasteiger partial charge in [0.2, 0.25) is 0 Å². The fraction of sp³-hybridized carbons (Fsp3) is 0.615. The fourth-order valence-corrected chi connectivity index (χ4v) is 2.11. The summed E-state index contributed by atoms with van der Waals surface area (Å²) in [6, 6.07) is 0. The molecule has 110 valence electrons. The third-order valence-electron chi connectivity index (χ3n) is 3.01. The number of fused-ring (bicyclic) bond motifs is 1. The largest absolute Gasteiger partial charge is 0.477 e. The van der Waals surface area contributed by atoms with Crippen LogP contribution in [-0.4, -0.2) is 50.3 Å². The van der Waals surface area contributed by atoms with E-state index in [9.17, 15) is 9.59 Å². The summed E-state index contributed by atoms with van der Waals surface area (Å²) in [5.74, 6) is -0.317. The van der Waals surface area contributed by atoms with Crippen LogP contribution in [0.15, 0.2) is 6.20 Å². The molecule has 2 rings (SSSR count). The second-order valence-electron chi connectivity index (χ2n) is 5.73. The average molecular weight is 281 g/mol. The van der Waals surface area contributed by atoms with Crippen LogP contribution in [0.25, 0.3) is 0 Å². The lowest BCUT2D eigenvalue weighted by molar-refractivity contribution is 0.0254. The van der Waals surface area contributed by atoms with Crippen molar-refractivity contribution in [3.63, 3.8) is 0 Å². The molecule has 0 aromatic carbocycles. The minimum absolute atomic E-state index is 0.158. The van der Waals surface area contributed by atoms with E-state index in [2.05, 4.69) is 4.98 Å². The summed E-state index contributed by atoms with van der Waals surface area (Å²) in [7, 11) is 0. The van der Waals surface area contributed by atoms with Gasteiger partial charge in [-0.2, -0.15) is 0 Å². The first-order valence-corrected chi connectivity index (χ1v) is 6.53. The Morgan fingerprint density at radius 1 is 1.30 bits per heavy atom.